The van der Waals surface area contributed by atoms with E-state index >= 15 is 0 Å². The first-order valence-electron chi connectivity index (χ1n) is 7.48. The SMILES string of the molecule is CN(C)c1ccc(C(=O)NCCS(=O)(=O)Nc2ccccc2)cc1. The van der Waals surface area contributed by atoms with Crippen molar-refractivity contribution in [1.82, 2.24) is 5.32 Å². The topological polar surface area (TPSA) is 78.5 Å². The number of nitrogens with one attached hydrogen (secondary N) is 2. The maximum Gasteiger partial charge on any atom is 0.251 e. The van der Waals surface area contributed by atoms with Crippen LogP contribution in [-0.4, -0.2) is 40.7 Å². The average Bonchev–Trinajstić information content (AvgIpc) is 2.55. The maximum atomic E-state index is 12.0. The number of para-hydroxylation sites is 1. The van der Waals surface area contributed by atoms with E-state index in [2.05, 4.69) is 10.0 Å². The minimum atomic E-state index is -3.50. The van der Waals surface area contributed by atoms with Gasteiger partial charge < -0.3 is 10.2 Å². The summed E-state index contributed by atoms with van der Waals surface area (Å²) in [4.78, 5) is 14.0. The summed E-state index contributed by atoms with van der Waals surface area (Å²) in [7, 11) is 0.331. The highest BCUT2D eigenvalue weighted by Crippen LogP contribution is 2.12. The third-order valence-electron chi connectivity index (χ3n) is 3.35. The second-order valence-corrected chi connectivity index (χ2v) is 7.33. The van der Waals surface area contributed by atoms with Crippen molar-refractivity contribution in [3.05, 3.63) is 60.2 Å². The fraction of sp³-hybridized carbons (Fsp3) is 0.235. The highest BCUT2D eigenvalue weighted by atomic mass is 32.2. The van der Waals surface area contributed by atoms with E-state index in [0.717, 1.165) is 5.69 Å². The van der Waals surface area contributed by atoms with E-state index in [-0.39, 0.29) is 18.2 Å². The summed E-state index contributed by atoms with van der Waals surface area (Å²) in [5.41, 5.74) is 1.98. The van der Waals surface area contributed by atoms with Crippen molar-refractivity contribution in [2.75, 3.05) is 36.0 Å². The molecule has 0 aliphatic carbocycles. The van der Waals surface area contributed by atoms with Crippen LogP contribution >= 0.6 is 0 Å². The fourth-order valence-electron chi connectivity index (χ4n) is 2.05. The molecule has 0 spiro atoms. The molecule has 2 aromatic rings. The number of carbonyl (C=O) groups excluding carboxylic acids is 1. The van der Waals surface area contributed by atoms with E-state index in [1.165, 1.54) is 0 Å². The molecule has 2 rings (SSSR count). The van der Waals surface area contributed by atoms with Crippen molar-refractivity contribution in [2.45, 2.75) is 0 Å². The van der Waals surface area contributed by atoms with Crippen LogP contribution in [0.3, 0.4) is 0 Å². The first kappa shape index (κ1) is 17.8. The molecule has 128 valence electrons. The van der Waals surface area contributed by atoms with Gasteiger partial charge in [-0.2, -0.15) is 0 Å². The Labute approximate surface area is 142 Å². The third-order valence-corrected chi connectivity index (χ3v) is 4.64. The van der Waals surface area contributed by atoms with Crippen LogP contribution in [0.1, 0.15) is 10.4 Å². The van der Waals surface area contributed by atoms with Gasteiger partial charge >= 0.3 is 0 Å². The van der Waals surface area contributed by atoms with Crippen LogP contribution in [0.2, 0.25) is 0 Å². The van der Waals surface area contributed by atoms with Crippen molar-refractivity contribution >= 4 is 27.3 Å². The molecule has 0 aliphatic rings. The molecule has 0 bridgehead atoms. The van der Waals surface area contributed by atoms with E-state index in [4.69, 9.17) is 0 Å². The number of sulfonamides is 1. The molecule has 0 heterocycles. The summed E-state index contributed by atoms with van der Waals surface area (Å²) >= 11 is 0. The standard InChI is InChI=1S/C17H21N3O3S/c1-20(2)16-10-8-14(9-11-16)17(21)18-12-13-24(22,23)19-15-6-4-3-5-7-15/h3-11,19H,12-13H2,1-2H3,(H,18,21). The second-order valence-electron chi connectivity index (χ2n) is 5.48. The van der Waals surface area contributed by atoms with Crippen molar-refractivity contribution in [3.63, 3.8) is 0 Å². The Morgan fingerprint density at radius 1 is 1.00 bits per heavy atom. The third kappa shape index (κ3) is 5.27. The van der Waals surface area contributed by atoms with Gasteiger partial charge in [0.1, 0.15) is 0 Å². The summed E-state index contributed by atoms with van der Waals surface area (Å²) in [5.74, 6) is -0.487. The van der Waals surface area contributed by atoms with Crippen LogP contribution in [0.5, 0.6) is 0 Å². The number of amides is 1. The highest BCUT2D eigenvalue weighted by Gasteiger charge is 2.12. The molecule has 1 amide bonds. The van der Waals surface area contributed by atoms with Crippen LogP contribution in [0.15, 0.2) is 54.6 Å². The Balaban J connectivity index is 1.85. The Morgan fingerprint density at radius 2 is 1.62 bits per heavy atom. The molecule has 0 aliphatic heterocycles. The van der Waals surface area contributed by atoms with Crippen LogP contribution < -0.4 is 14.9 Å². The number of rotatable bonds is 7. The monoisotopic (exact) mass is 347 g/mol. The van der Waals surface area contributed by atoms with Crippen molar-refractivity contribution in [1.29, 1.82) is 0 Å². The van der Waals surface area contributed by atoms with E-state index < -0.39 is 10.0 Å². The first-order chi connectivity index (χ1) is 11.4. The zero-order valence-corrected chi connectivity index (χ0v) is 14.5. The van der Waals surface area contributed by atoms with Crippen LogP contribution in [0.4, 0.5) is 11.4 Å². The minimum absolute atomic E-state index is 0.0381. The number of hydrogen-bond acceptors (Lipinski definition) is 4. The normalized spacial score (nSPS) is 10.9. The molecule has 0 saturated heterocycles. The molecule has 0 radical (unpaired) electrons. The summed E-state index contributed by atoms with van der Waals surface area (Å²) in [6.45, 7) is 0.0381. The lowest BCUT2D eigenvalue weighted by Crippen LogP contribution is -2.31. The Kier molecular flexibility index (Phi) is 5.81. The lowest BCUT2D eigenvalue weighted by atomic mass is 10.2. The number of benzene rings is 2. The molecular weight excluding hydrogens is 326 g/mol. The van der Waals surface area contributed by atoms with Crippen LogP contribution in [-0.2, 0) is 10.0 Å². The van der Waals surface area contributed by atoms with Gasteiger partial charge in [-0.1, -0.05) is 18.2 Å². The lowest BCUT2D eigenvalue weighted by molar-refractivity contribution is 0.0956. The molecular formula is C17H21N3O3S. The molecule has 2 N–H and O–H groups in total. The largest absolute Gasteiger partial charge is 0.378 e. The minimum Gasteiger partial charge on any atom is -0.378 e. The van der Waals surface area contributed by atoms with Gasteiger partial charge in [-0.15, -0.1) is 0 Å². The Bertz CT molecular complexity index is 772. The molecule has 24 heavy (non-hydrogen) atoms. The van der Waals surface area contributed by atoms with E-state index in [1.54, 1.807) is 42.5 Å². The number of hydrogen-bond donors (Lipinski definition) is 2. The molecule has 2 aromatic carbocycles. The molecule has 6 nitrogen and oxygen atoms in total. The van der Waals surface area contributed by atoms with Crippen molar-refractivity contribution in [2.24, 2.45) is 0 Å². The predicted octanol–water partition coefficient (Wildman–Crippen LogP) is 1.92. The zero-order chi connectivity index (χ0) is 17.6. The van der Waals surface area contributed by atoms with E-state index in [9.17, 15) is 13.2 Å². The zero-order valence-electron chi connectivity index (χ0n) is 13.7. The highest BCUT2D eigenvalue weighted by molar-refractivity contribution is 7.92. The Hall–Kier alpha value is -2.54. The average molecular weight is 347 g/mol. The smallest absolute Gasteiger partial charge is 0.251 e. The molecule has 0 atom stereocenters. The Morgan fingerprint density at radius 3 is 2.21 bits per heavy atom. The van der Waals surface area contributed by atoms with Gasteiger partial charge in [-0.05, 0) is 36.4 Å². The van der Waals surface area contributed by atoms with E-state index in [1.807, 2.05) is 31.1 Å². The fourth-order valence-corrected chi connectivity index (χ4v) is 3.02. The number of nitrogens with zero attached hydrogens (tertiary/aromatic N) is 1. The van der Waals surface area contributed by atoms with Crippen molar-refractivity contribution < 1.29 is 13.2 Å². The molecule has 0 unspecified atom stereocenters. The van der Waals surface area contributed by atoms with Gasteiger partial charge in [0, 0.05) is 37.6 Å². The number of anilines is 2. The van der Waals surface area contributed by atoms with Gasteiger partial charge in [0.2, 0.25) is 10.0 Å². The molecule has 0 aromatic heterocycles. The van der Waals surface area contributed by atoms with Crippen LogP contribution in [0.25, 0.3) is 0 Å². The molecule has 7 heteroatoms. The molecule has 0 saturated carbocycles. The van der Waals surface area contributed by atoms with Gasteiger partial charge in [0.05, 0.1) is 5.75 Å². The van der Waals surface area contributed by atoms with Gasteiger partial charge in [0.15, 0.2) is 0 Å². The van der Waals surface area contributed by atoms with Gasteiger partial charge in [0.25, 0.3) is 5.91 Å². The summed E-state index contributed by atoms with van der Waals surface area (Å²) in [5, 5.41) is 2.62. The number of carbonyl (C=O) groups is 1. The van der Waals surface area contributed by atoms with Crippen LogP contribution in [0, 0.1) is 0 Å². The maximum absolute atomic E-state index is 12.0. The quantitative estimate of drug-likeness (QED) is 0.802. The molecule has 0 fully saturated rings. The summed E-state index contributed by atoms with van der Waals surface area (Å²) < 4.78 is 26.4. The second kappa shape index (κ2) is 7.83. The van der Waals surface area contributed by atoms with E-state index in [0.29, 0.717) is 11.3 Å². The first-order valence-corrected chi connectivity index (χ1v) is 9.14. The van der Waals surface area contributed by atoms with Crippen molar-refractivity contribution in [3.8, 4) is 0 Å². The van der Waals surface area contributed by atoms with Gasteiger partial charge in [-0.25, -0.2) is 8.42 Å². The predicted molar refractivity (Wildman–Crippen MR) is 97.0 cm³/mol. The summed E-state index contributed by atoms with van der Waals surface area (Å²) in [6, 6.07) is 15.7. The summed E-state index contributed by atoms with van der Waals surface area (Å²) in [6.07, 6.45) is 0. The van der Waals surface area contributed by atoms with Gasteiger partial charge in [-0.3, -0.25) is 9.52 Å². The lowest BCUT2D eigenvalue weighted by Gasteiger charge is -2.13.